The van der Waals surface area contributed by atoms with E-state index in [-0.39, 0.29) is 18.0 Å². The van der Waals surface area contributed by atoms with Crippen LogP contribution < -0.4 is 10.6 Å². The molecule has 1 aromatic rings. The highest BCUT2D eigenvalue weighted by Crippen LogP contribution is 2.27. The van der Waals surface area contributed by atoms with Crippen molar-refractivity contribution in [3.8, 4) is 0 Å². The minimum absolute atomic E-state index is 0.0355. The van der Waals surface area contributed by atoms with Gasteiger partial charge in [0.15, 0.2) is 0 Å². The molecule has 0 bridgehead atoms. The Morgan fingerprint density at radius 1 is 1.28 bits per heavy atom. The Morgan fingerprint density at radius 3 is 2.80 bits per heavy atom. The van der Waals surface area contributed by atoms with E-state index in [1.54, 1.807) is 0 Å². The lowest BCUT2D eigenvalue weighted by atomic mass is 10.0. The molecule has 0 aliphatic carbocycles. The number of nitrogens with zero attached hydrogens (tertiary/aromatic N) is 1. The number of ether oxygens (including phenoxy) is 2. The highest BCUT2D eigenvalue weighted by atomic mass is 35.5. The first-order valence-corrected chi connectivity index (χ1v) is 9.26. The predicted octanol–water partition coefficient (Wildman–Crippen LogP) is 1.21. The molecule has 3 rings (SSSR count). The van der Waals surface area contributed by atoms with E-state index in [1.807, 2.05) is 24.3 Å². The van der Waals surface area contributed by atoms with Gasteiger partial charge in [0.2, 0.25) is 5.91 Å². The van der Waals surface area contributed by atoms with Crippen molar-refractivity contribution in [2.45, 2.75) is 18.5 Å². The summed E-state index contributed by atoms with van der Waals surface area (Å²) in [5.41, 5.74) is 1.05. The molecule has 2 atom stereocenters. The maximum absolute atomic E-state index is 12.3. The molecule has 138 valence electrons. The average Bonchev–Trinajstić information content (AvgIpc) is 2.65. The summed E-state index contributed by atoms with van der Waals surface area (Å²) in [6, 6.07) is 7.99. The number of rotatable bonds is 6. The standard InChI is InChI=1S/C18H26ClN3O3/c19-16-4-2-1-3-15(16)17(22-6-9-24-10-7-22)12-21-18(23)11-14-13-25-8-5-20-14/h1-4,14,17,20H,5-13H2,(H,21,23). The Labute approximate surface area is 153 Å². The van der Waals surface area contributed by atoms with Crippen molar-refractivity contribution < 1.29 is 14.3 Å². The second-order valence-electron chi connectivity index (χ2n) is 6.42. The quantitative estimate of drug-likeness (QED) is 0.791. The van der Waals surface area contributed by atoms with Gasteiger partial charge in [0.1, 0.15) is 0 Å². The normalized spacial score (nSPS) is 23.2. The third kappa shape index (κ3) is 5.39. The second kappa shape index (κ2) is 9.50. The van der Waals surface area contributed by atoms with Gasteiger partial charge in [0, 0.05) is 43.7 Å². The molecule has 2 N–H and O–H groups in total. The van der Waals surface area contributed by atoms with Gasteiger partial charge in [-0.1, -0.05) is 29.8 Å². The summed E-state index contributed by atoms with van der Waals surface area (Å²) in [6.45, 7) is 5.72. The van der Waals surface area contributed by atoms with Crippen LogP contribution in [0.1, 0.15) is 18.0 Å². The molecule has 2 heterocycles. The monoisotopic (exact) mass is 367 g/mol. The van der Waals surface area contributed by atoms with E-state index in [1.165, 1.54) is 0 Å². The summed E-state index contributed by atoms with van der Waals surface area (Å²) in [7, 11) is 0. The number of hydrogen-bond donors (Lipinski definition) is 2. The van der Waals surface area contributed by atoms with Crippen LogP contribution in [0.3, 0.4) is 0 Å². The van der Waals surface area contributed by atoms with Gasteiger partial charge in [-0.25, -0.2) is 0 Å². The van der Waals surface area contributed by atoms with Crippen LogP contribution >= 0.6 is 11.6 Å². The van der Waals surface area contributed by atoms with Crippen LogP contribution in [0, 0.1) is 0 Å². The molecule has 7 heteroatoms. The fourth-order valence-electron chi connectivity index (χ4n) is 3.33. The van der Waals surface area contributed by atoms with Crippen LogP contribution in [0.4, 0.5) is 0 Å². The van der Waals surface area contributed by atoms with Crippen molar-refractivity contribution in [2.24, 2.45) is 0 Å². The number of nitrogens with one attached hydrogen (secondary N) is 2. The molecule has 0 aromatic heterocycles. The maximum Gasteiger partial charge on any atom is 0.221 e. The largest absolute Gasteiger partial charge is 0.379 e. The lowest BCUT2D eigenvalue weighted by Crippen LogP contribution is -2.46. The van der Waals surface area contributed by atoms with E-state index in [9.17, 15) is 4.79 Å². The second-order valence-corrected chi connectivity index (χ2v) is 6.83. The molecule has 1 amide bonds. The van der Waals surface area contributed by atoms with E-state index in [0.717, 1.165) is 30.2 Å². The molecular formula is C18H26ClN3O3. The molecule has 2 aliphatic heterocycles. The van der Waals surface area contributed by atoms with E-state index < -0.39 is 0 Å². The summed E-state index contributed by atoms with van der Waals surface area (Å²) in [5, 5.41) is 7.12. The summed E-state index contributed by atoms with van der Waals surface area (Å²) in [6.07, 6.45) is 0.429. The van der Waals surface area contributed by atoms with Crippen LogP contribution in [-0.4, -0.2) is 69.5 Å². The Morgan fingerprint density at radius 2 is 2.08 bits per heavy atom. The molecule has 2 aliphatic rings. The minimum Gasteiger partial charge on any atom is -0.379 e. The first-order valence-electron chi connectivity index (χ1n) is 8.88. The Bertz CT molecular complexity index is 560. The number of benzene rings is 1. The molecule has 2 unspecified atom stereocenters. The zero-order chi connectivity index (χ0) is 17.5. The fraction of sp³-hybridized carbons (Fsp3) is 0.611. The van der Waals surface area contributed by atoms with Crippen molar-refractivity contribution >= 4 is 17.5 Å². The highest BCUT2D eigenvalue weighted by Gasteiger charge is 2.25. The third-order valence-corrected chi connectivity index (χ3v) is 5.02. The van der Waals surface area contributed by atoms with Crippen molar-refractivity contribution in [3.05, 3.63) is 34.9 Å². The zero-order valence-electron chi connectivity index (χ0n) is 14.4. The first kappa shape index (κ1) is 18.6. The predicted molar refractivity (Wildman–Crippen MR) is 96.8 cm³/mol. The molecule has 1 aromatic carbocycles. The first-order chi connectivity index (χ1) is 12.2. The van der Waals surface area contributed by atoms with Crippen molar-refractivity contribution in [1.82, 2.24) is 15.5 Å². The van der Waals surface area contributed by atoms with Gasteiger partial charge in [-0.15, -0.1) is 0 Å². The summed E-state index contributed by atoms with van der Waals surface area (Å²) in [5.74, 6) is 0.0355. The molecule has 2 fully saturated rings. The molecule has 0 spiro atoms. The Hall–Kier alpha value is -1.18. The Balaban J connectivity index is 1.61. The average molecular weight is 368 g/mol. The fourth-order valence-corrected chi connectivity index (χ4v) is 3.59. The van der Waals surface area contributed by atoms with Gasteiger partial charge in [-0.3, -0.25) is 9.69 Å². The number of carbonyl (C=O) groups is 1. The number of halogens is 1. The van der Waals surface area contributed by atoms with Crippen molar-refractivity contribution in [3.63, 3.8) is 0 Å². The number of carbonyl (C=O) groups excluding carboxylic acids is 1. The van der Waals surface area contributed by atoms with Gasteiger partial charge >= 0.3 is 0 Å². The Kier molecular flexibility index (Phi) is 7.07. The van der Waals surface area contributed by atoms with Gasteiger partial charge in [0.05, 0.1) is 32.5 Å². The van der Waals surface area contributed by atoms with Crippen LogP contribution in [0.15, 0.2) is 24.3 Å². The topological polar surface area (TPSA) is 62.8 Å². The van der Waals surface area contributed by atoms with Crippen LogP contribution in [-0.2, 0) is 14.3 Å². The number of amides is 1. The zero-order valence-corrected chi connectivity index (χ0v) is 15.1. The lowest BCUT2D eigenvalue weighted by molar-refractivity contribution is -0.122. The maximum atomic E-state index is 12.3. The van der Waals surface area contributed by atoms with Crippen LogP contribution in [0.2, 0.25) is 5.02 Å². The lowest BCUT2D eigenvalue weighted by Gasteiger charge is -2.35. The number of morpholine rings is 2. The molecular weight excluding hydrogens is 342 g/mol. The molecule has 0 saturated carbocycles. The van der Waals surface area contributed by atoms with Crippen LogP contribution in [0.25, 0.3) is 0 Å². The third-order valence-electron chi connectivity index (χ3n) is 4.67. The van der Waals surface area contributed by atoms with E-state index >= 15 is 0 Å². The SMILES string of the molecule is O=C(CC1COCCN1)NCC(c1ccccc1Cl)N1CCOCC1. The highest BCUT2D eigenvalue weighted by molar-refractivity contribution is 6.31. The van der Waals surface area contributed by atoms with Crippen molar-refractivity contribution in [2.75, 3.05) is 52.6 Å². The number of hydrogen-bond acceptors (Lipinski definition) is 5. The summed E-state index contributed by atoms with van der Waals surface area (Å²) < 4.78 is 10.9. The molecule has 0 radical (unpaired) electrons. The molecule has 25 heavy (non-hydrogen) atoms. The van der Waals surface area contributed by atoms with E-state index in [2.05, 4.69) is 15.5 Å². The van der Waals surface area contributed by atoms with E-state index in [4.69, 9.17) is 21.1 Å². The van der Waals surface area contributed by atoms with Gasteiger partial charge in [-0.05, 0) is 11.6 Å². The van der Waals surface area contributed by atoms with E-state index in [0.29, 0.717) is 39.4 Å². The smallest absolute Gasteiger partial charge is 0.221 e. The summed E-state index contributed by atoms with van der Waals surface area (Å²) >= 11 is 6.41. The minimum atomic E-state index is 0.0355. The molecule has 2 saturated heterocycles. The van der Waals surface area contributed by atoms with Gasteiger partial charge in [-0.2, -0.15) is 0 Å². The van der Waals surface area contributed by atoms with Gasteiger partial charge < -0.3 is 20.1 Å². The molecule has 6 nitrogen and oxygen atoms in total. The summed E-state index contributed by atoms with van der Waals surface area (Å²) in [4.78, 5) is 14.7. The van der Waals surface area contributed by atoms with Gasteiger partial charge in [0.25, 0.3) is 0 Å². The van der Waals surface area contributed by atoms with Crippen molar-refractivity contribution in [1.29, 1.82) is 0 Å². The van der Waals surface area contributed by atoms with Crippen LogP contribution in [0.5, 0.6) is 0 Å².